The lowest BCUT2D eigenvalue weighted by Gasteiger charge is -2.37. The maximum Gasteiger partial charge on any atom is 0.0677 e. The molecule has 8 N–H and O–H groups in total. The second kappa shape index (κ2) is 22.2. The number of nitrogens with zero attached hydrogens (tertiary/aromatic N) is 1. The monoisotopic (exact) mass is 599 g/mol. The van der Waals surface area contributed by atoms with Crippen LogP contribution in [0.4, 0.5) is 0 Å². The van der Waals surface area contributed by atoms with Crippen LogP contribution < -0.4 is 27.0 Å². The third-order valence-electron chi connectivity index (χ3n) is 9.20. The molecular formula is C34H74N6O2. The molecule has 6 atom stereocenters. The molecular weight excluding hydrogens is 524 g/mol. The number of rotatable bonds is 24. The number of nitrogens with one attached hydrogen (secondary N) is 4. The molecule has 0 aromatic rings. The molecule has 1 saturated carbocycles. The van der Waals surface area contributed by atoms with E-state index in [1.165, 1.54) is 57.8 Å². The minimum atomic E-state index is -0.484. The predicted octanol–water partition coefficient (Wildman–Crippen LogP) is 3.56. The van der Waals surface area contributed by atoms with Crippen molar-refractivity contribution in [1.29, 1.82) is 0 Å². The Morgan fingerprint density at radius 1 is 0.929 bits per heavy atom. The van der Waals surface area contributed by atoms with Crippen LogP contribution in [-0.4, -0.2) is 105 Å². The average Bonchev–Trinajstić information content (AvgIpc) is 2.92. The van der Waals surface area contributed by atoms with Gasteiger partial charge in [0.1, 0.15) is 0 Å². The van der Waals surface area contributed by atoms with E-state index in [1.807, 2.05) is 6.92 Å². The molecule has 8 heteroatoms. The van der Waals surface area contributed by atoms with Gasteiger partial charge in [0.05, 0.1) is 12.7 Å². The van der Waals surface area contributed by atoms with Crippen LogP contribution in [0.3, 0.4) is 0 Å². The molecule has 0 aromatic heterocycles. The zero-order valence-corrected chi connectivity index (χ0v) is 29.1. The molecule has 1 aliphatic carbocycles. The molecule has 0 heterocycles. The summed E-state index contributed by atoms with van der Waals surface area (Å²) in [4.78, 5) is 2.63. The van der Waals surface area contributed by atoms with Crippen molar-refractivity contribution >= 4 is 0 Å². The van der Waals surface area contributed by atoms with E-state index in [-0.39, 0.29) is 18.7 Å². The standard InChI is InChI=1S/C34H74N6O2/c1-26(2)19-31(40(8)25-27(3)13-12-16-34(5,6)7)22-39-33(29-14-10-9-11-15-29)24-37-30(20-35)21-38-32(28(4)42)23-36-17-18-41/h26-33,36-39,41-42H,9-25,35H2,1-8H3/t27-,28+,30+,31+,32+,33-/m1/s1. The summed E-state index contributed by atoms with van der Waals surface area (Å²) < 4.78 is 0. The van der Waals surface area contributed by atoms with Crippen LogP contribution in [-0.2, 0) is 0 Å². The summed E-state index contributed by atoms with van der Waals surface area (Å²) >= 11 is 0. The molecule has 0 amide bonds. The molecule has 1 aliphatic rings. The highest BCUT2D eigenvalue weighted by molar-refractivity contribution is 4.87. The molecule has 42 heavy (non-hydrogen) atoms. The van der Waals surface area contributed by atoms with Crippen LogP contribution in [0.5, 0.6) is 0 Å². The topological polar surface area (TPSA) is 118 Å². The maximum atomic E-state index is 10.2. The number of aliphatic hydroxyl groups excluding tert-OH is 2. The van der Waals surface area contributed by atoms with Gasteiger partial charge in [-0.3, -0.25) is 0 Å². The molecule has 1 fully saturated rings. The first-order chi connectivity index (χ1) is 19.9. The highest BCUT2D eigenvalue weighted by Gasteiger charge is 2.27. The van der Waals surface area contributed by atoms with E-state index in [2.05, 4.69) is 74.8 Å². The largest absolute Gasteiger partial charge is 0.395 e. The lowest BCUT2D eigenvalue weighted by Crippen LogP contribution is -2.56. The minimum absolute atomic E-state index is 0.0807. The summed E-state index contributed by atoms with van der Waals surface area (Å²) in [5, 5.41) is 33.8. The SMILES string of the molecule is CC(C)C[C@@H](CN[C@H](CN[C@@H](CN)CN[C@@H](CNCCO)[C@H](C)O)C1CCCCC1)N(C)C[C@H](C)CCCC(C)(C)C. The van der Waals surface area contributed by atoms with E-state index in [0.717, 1.165) is 19.6 Å². The predicted molar refractivity (Wildman–Crippen MR) is 181 cm³/mol. The van der Waals surface area contributed by atoms with Crippen molar-refractivity contribution in [2.75, 3.05) is 59.5 Å². The Bertz CT molecular complexity index is 638. The van der Waals surface area contributed by atoms with Crippen LogP contribution in [0.25, 0.3) is 0 Å². The van der Waals surface area contributed by atoms with Crippen molar-refractivity contribution in [2.24, 2.45) is 28.9 Å². The maximum absolute atomic E-state index is 10.2. The second-order valence-electron chi connectivity index (χ2n) is 15.2. The van der Waals surface area contributed by atoms with Gasteiger partial charge in [-0.1, -0.05) is 67.2 Å². The summed E-state index contributed by atoms with van der Waals surface area (Å²) in [6.45, 7) is 21.6. The van der Waals surface area contributed by atoms with Crippen molar-refractivity contribution in [2.45, 2.75) is 137 Å². The third-order valence-corrected chi connectivity index (χ3v) is 9.20. The van der Waals surface area contributed by atoms with E-state index < -0.39 is 6.10 Å². The molecule has 252 valence electrons. The van der Waals surface area contributed by atoms with Gasteiger partial charge in [0.2, 0.25) is 0 Å². The lowest BCUT2D eigenvalue weighted by molar-refractivity contribution is 0.140. The summed E-state index contributed by atoms with van der Waals surface area (Å²) in [7, 11) is 2.34. The highest BCUT2D eigenvalue weighted by Crippen LogP contribution is 2.27. The van der Waals surface area contributed by atoms with Crippen molar-refractivity contribution in [3.8, 4) is 0 Å². The second-order valence-corrected chi connectivity index (χ2v) is 15.2. The first kappa shape index (κ1) is 39.7. The Labute approximate surface area is 261 Å². The Kier molecular flexibility index (Phi) is 21.0. The van der Waals surface area contributed by atoms with E-state index in [4.69, 9.17) is 10.8 Å². The van der Waals surface area contributed by atoms with E-state index in [1.54, 1.807) is 0 Å². The van der Waals surface area contributed by atoms with Crippen LogP contribution in [0.1, 0.15) is 106 Å². The fourth-order valence-electron chi connectivity index (χ4n) is 6.48. The van der Waals surface area contributed by atoms with Gasteiger partial charge < -0.3 is 42.1 Å². The number of likely N-dealkylation sites (N-methyl/N-ethyl adjacent to an activating group) is 1. The van der Waals surface area contributed by atoms with Gasteiger partial charge in [-0.2, -0.15) is 0 Å². The Morgan fingerprint density at radius 3 is 2.19 bits per heavy atom. The van der Waals surface area contributed by atoms with Crippen molar-refractivity contribution < 1.29 is 10.2 Å². The summed E-state index contributed by atoms with van der Waals surface area (Å²) in [5.74, 6) is 2.08. The van der Waals surface area contributed by atoms with Crippen LogP contribution in [0, 0.1) is 23.2 Å². The Balaban J connectivity index is 2.76. The first-order valence-electron chi connectivity index (χ1n) is 17.5. The number of nitrogens with two attached hydrogens (primary N) is 1. The zero-order valence-electron chi connectivity index (χ0n) is 29.1. The van der Waals surface area contributed by atoms with Gasteiger partial charge in [-0.15, -0.1) is 0 Å². The molecule has 0 saturated heterocycles. The molecule has 8 nitrogen and oxygen atoms in total. The van der Waals surface area contributed by atoms with E-state index in [0.29, 0.717) is 61.4 Å². The number of hydrogen-bond donors (Lipinski definition) is 7. The quantitative estimate of drug-likeness (QED) is 0.0844. The molecule has 0 spiro atoms. The summed E-state index contributed by atoms with van der Waals surface area (Å²) in [6.07, 6.45) is 11.3. The van der Waals surface area contributed by atoms with E-state index in [9.17, 15) is 5.11 Å². The minimum Gasteiger partial charge on any atom is -0.395 e. The molecule has 1 rings (SSSR count). The smallest absolute Gasteiger partial charge is 0.0677 e. The molecule has 0 aliphatic heterocycles. The van der Waals surface area contributed by atoms with Crippen LogP contribution >= 0.6 is 0 Å². The van der Waals surface area contributed by atoms with Gasteiger partial charge in [0.25, 0.3) is 0 Å². The number of aliphatic hydroxyl groups is 2. The zero-order chi connectivity index (χ0) is 31.5. The van der Waals surface area contributed by atoms with Crippen LogP contribution in [0.2, 0.25) is 0 Å². The molecule has 0 bridgehead atoms. The summed E-state index contributed by atoms with van der Waals surface area (Å²) in [6, 6.07) is 1.03. The van der Waals surface area contributed by atoms with Gasteiger partial charge >= 0.3 is 0 Å². The third kappa shape index (κ3) is 18.5. The van der Waals surface area contributed by atoms with Gasteiger partial charge in [0, 0.05) is 70.0 Å². The highest BCUT2D eigenvalue weighted by atomic mass is 16.3. The first-order valence-corrected chi connectivity index (χ1v) is 17.5. The molecule has 0 unspecified atom stereocenters. The van der Waals surface area contributed by atoms with E-state index >= 15 is 0 Å². The normalized spacial score (nSPS) is 19.6. The number of hydrogen-bond acceptors (Lipinski definition) is 8. The lowest BCUT2D eigenvalue weighted by atomic mass is 9.83. The van der Waals surface area contributed by atoms with Gasteiger partial charge in [-0.25, -0.2) is 0 Å². The van der Waals surface area contributed by atoms with Crippen LogP contribution in [0.15, 0.2) is 0 Å². The summed E-state index contributed by atoms with van der Waals surface area (Å²) in [5.41, 5.74) is 6.63. The fraction of sp³-hybridized carbons (Fsp3) is 1.00. The van der Waals surface area contributed by atoms with Gasteiger partial charge in [0.15, 0.2) is 0 Å². The Hall–Kier alpha value is -0.320. The van der Waals surface area contributed by atoms with Gasteiger partial charge in [-0.05, 0) is 69.2 Å². The Morgan fingerprint density at radius 2 is 1.62 bits per heavy atom. The van der Waals surface area contributed by atoms with Crippen molar-refractivity contribution in [3.63, 3.8) is 0 Å². The molecule has 0 aromatic carbocycles. The van der Waals surface area contributed by atoms with Crippen molar-refractivity contribution in [3.05, 3.63) is 0 Å². The molecule has 0 radical (unpaired) electrons. The van der Waals surface area contributed by atoms with Crippen molar-refractivity contribution in [1.82, 2.24) is 26.2 Å². The average molecular weight is 599 g/mol. The fourth-order valence-corrected chi connectivity index (χ4v) is 6.48.